The Morgan fingerprint density at radius 3 is 2.67 bits per heavy atom. The zero-order chi connectivity index (χ0) is 11.4. The first-order valence-corrected chi connectivity index (χ1v) is 6.52. The van der Waals surface area contributed by atoms with E-state index in [2.05, 4.69) is 15.9 Å². The molecule has 1 unspecified atom stereocenters. The Kier molecular flexibility index (Phi) is 4.54. The SMILES string of the molecule is CSc1cccc(C=O)c1C(Br)C(C)=O. The summed E-state index contributed by atoms with van der Waals surface area (Å²) in [6.45, 7) is 1.51. The molecule has 80 valence electrons. The second-order valence-electron chi connectivity index (χ2n) is 3.05. The standard InChI is InChI=1S/C11H11BrO2S/c1-7(14)11(12)10-8(6-13)4-3-5-9(10)15-2/h3-6,11H,1-2H3. The van der Waals surface area contributed by atoms with Crippen LogP contribution in [0.1, 0.15) is 27.7 Å². The summed E-state index contributed by atoms with van der Waals surface area (Å²) in [5.41, 5.74) is 1.34. The van der Waals surface area contributed by atoms with Gasteiger partial charge < -0.3 is 0 Å². The van der Waals surface area contributed by atoms with Gasteiger partial charge in [0.25, 0.3) is 0 Å². The monoisotopic (exact) mass is 286 g/mol. The number of Topliss-reactive ketones (excluding diaryl/α,β-unsaturated/α-hetero) is 1. The second kappa shape index (κ2) is 5.47. The molecule has 0 N–H and O–H groups in total. The molecule has 1 aromatic rings. The summed E-state index contributed by atoms with van der Waals surface area (Å²) in [5.74, 6) is -0.000370. The molecule has 0 radical (unpaired) electrons. The van der Waals surface area contributed by atoms with Gasteiger partial charge >= 0.3 is 0 Å². The zero-order valence-corrected chi connectivity index (χ0v) is 10.9. The van der Waals surface area contributed by atoms with Crippen LogP contribution in [0.3, 0.4) is 0 Å². The quantitative estimate of drug-likeness (QED) is 0.484. The van der Waals surface area contributed by atoms with E-state index in [1.807, 2.05) is 18.4 Å². The molecular formula is C11H11BrO2S. The van der Waals surface area contributed by atoms with Crippen molar-refractivity contribution in [1.29, 1.82) is 0 Å². The minimum absolute atomic E-state index is 0.000370. The summed E-state index contributed by atoms with van der Waals surface area (Å²) < 4.78 is 0. The number of carbonyl (C=O) groups is 2. The van der Waals surface area contributed by atoms with E-state index >= 15 is 0 Å². The van der Waals surface area contributed by atoms with Crippen molar-refractivity contribution in [2.45, 2.75) is 16.6 Å². The fourth-order valence-corrected chi connectivity index (χ4v) is 2.65. The number of ketones is 1. The topological polar surface area (TPSA) is 34.1 Å². The lowest BCUT2D eigenvalue weighted by molar-refractivity contribution is -0.116. The molecule has 1 atom stereocenters. The smallest absolute Gasteiger partial charge is 0.150 e. The van der Waals surface area contributed by atoms with Crippen molar-refractivity contribution in [3.63, 3.8) is 0 Å². The lowest BCUT2D eigenvalue weighted by atomic mass is 10.0. The van der Waals surface area contributed by atoms with E-state index in [1.165, 1.54) is 18.7 Å². The average molecular weight is 287 g/mol. The van der Waals surface area contributed by atoms with Gasteiger partial charge in [-0.1, -0.05) is 28.1 Å². The first-order chi connectivity index (χ1) is 7.11. The van der Waals surface area contributed by atoms with Gasteiger partial charge in [0.2, 0.25) is 0 Å². The number of aldehydes is 1. The first kappa shape index (κ1) is 12.5. The molecular weight excluding hydrogens is 276 g/mol. The van der Waals surface area contributed by atoms with Crippen molar-refractivity contribution in [3.05, 3.63) is 29.3 Å². The predicted octanol–water partition coefficient (Wildman–Crippen LogP) is 3.25. The van der Waals surface area contributed by atoms with Crippen LogP contribution in [0.2, 0.25) is 0 Å². The molecule has 0 aromatic heterocycles. The van der Waals surface area contributed by atoms with E-state index < -0.39 is 4.83 Å². The van der Waals surface area contributed by atoms with Gasteiger partial charge in [0, 0.05) is 10.5 Å². The van der Waals surface area contributed by atoms with Gasteiger partial charge in [-0.05, 0) is 24.8 Å². The minimum Gasteiger partial charge on any atom is -0.298 e. The lowest BCUT2D eigenvalue weighted by Gasteiger charge is -2.13. The molecule has 1 aromatic carbocycles. The van der Waals surface area contributed by atoms with Gasteiger partial charge in [-0.3, -0.25) is 9.59 Å². The molecule has 0 fully saturated rings. The number of hydrogen-bond donors (Lipinski definition) is 0. The molecule has 4 heteroatoms. The maximum Gasteiger partial charge on any atom is 0.150 e. The van der Waals surface area contributed by atoms with Crippen LogP contribution in [-0.4, -0.2) is 18.3 Å². The molecule has 0 saturated carbocycles. The molecule has 0 aliphatic rings. The summed E-state index contributed by atoms with van der Waals surface area (Å²) in [5, 5.41) is 0. The Labute approximate surface area is 102 Å². The normalized spacial score (nSPS) is 12.2. The highest BCUT2D eigenvalue weighted by Crippen LogP contribution is 2.34. The molecule has 0 heterocycles. The van der Waals surface area contributed by atoms with Crippen molar-refractivity contribution in [1.82, 2.24) is 0 Å². The third kappa shape index (κ3) is 2.69. The average Bonchev–Trinajstić information content (AvgIpc) is 2.26. The number of carbonyl (C=O) groups excluding carboxylic acids is 2. The second-order valence-corrected chi connectivity index (χ2v) is 4.82. The molecule has 0 aliphatic carbocycles. The van der Waals surface area contributed by atoms with E-state index in [0.29, 0.717) is 5.56 Å². The summed E-state index contributed by atoms with van der Waals surface area (Å²) in [4.78, 5) is 22.7. The molecule has 2 nitrogen and oxygen atoms in total. The number of hydrogen-bond acceptors (Lipinski definition) is 3. The molecule has 0 aliphatic heterocycles. The first-order valence-electron chi connectivity index (χ1n) is 4.38. The zero-order valence-electron chi connectivity index (χ0n) is 8.49. The summed E-state index contributed by atoms with van der Waals surface area (Å²) in [7, 11) is 0. The molecule has 0 bridgehead atoms. The van der Waals surface area contributed by atoms with Crippen molar-refractivity contribution in [2.24, 2.45) is 0 Å². The fraction of sp³-hybridized carbons (Fsp3) is 0.273. The molecule has 1 rings (SSSR count). The number of benzene rings is 1. The van der Waals surface area contributed by atoms with E-state index in [4.69, 9.17) is 0 Å². The van der Waals surface area contributed by atoms with Crippen LogP contribution >= 0.6 is 27.7 Å². The van der Waals surface area contributed by atoms with E-state index in [1.54, 1.807) is 6.07 Å². The van der Waals surface area contributed by atoms with Gasteiger partial charge in [0.15, 0.2) is 0 Å². The Morgan fingerprint density at radius 1 is 1.53 bits per heavy atom. The van der Waals surface area contributed by atoms with Gasteiger partial charge in [0.1, 0.15) is 12.1 Å². The van der Waals surface area contributed by atoms with Crippen LogP contribution in [-0.2, 0) is 4.79 Å². The third-order valence-corrected chi connectivity index (χ3v) is 3.96. The van der Waals surface area contributed by atoms with Crippen molar-refractivity contribution in [2.75, 3.05) is 6.26 Å². The van der Waals surface area contributed by atoms with E-state index in [-0.39, 0.29) is 5.78 Å². The Balaban J connectivity index is 3.33. The Hall–Kier alpha value is -0.610. The molecule has 0 amide bonds. The Bertz CT molecular complexity index is 390. The van der Waals surface area contributed by atoms with Crippen LogP contribution in [0.5, 0.6) is 0 Å². The van der Waals surface area contributed by atoms with Crippen LogP contribution in [0.4, 0.5) is 0 Å². The summed E-state index contributed by atoms with van der Waals surface area (Å²) in [6, 6.07) is 5.45. The highest BCUT2D eigenvalue weighted by Gasteiger charge is 2.19. The largest absolute Gasteiger partial charge is 0.298 e. The lowest BCUT2D eigenvalue weighted by Crippen LogP contribution is -2.06. The van der Waals surface area contributed by atoms with Gasteiger partial charge in [-0.15, -0.1) is 11.8 Å². The number of rotatable bonds is 4. The number of thioether (sulfide) groups is 1. The van der Waals surface area contributed by atoms with Crippen LogP contribution in [0.25, 0.3) is 0 Å². The number of halogens is 1. The van der Waals surface area contributed by atoms with Crippen molar-refractivity contribution >= 4 is 39.8 Å². The van der Waals surface area contributed by atoms with Crippen molar-refractivity contribution in [3.8, 4) is 0 Å². The van der Waals surface area contributed by atoms with Crippen LogP contribution in [0, 0.1) is 0 Å². The van der Waals surface area contributed by atoms with Gasteiger partial charge in [-0.2, -0.15) is 0 Å². The molecule has 15 heavy (non-hydrogen) atoms. The molecule has 0 saturated heterocycles. The van der Waals surface area contributed by atoms with Crippen LogP contribution in [0.15, 0.2) is 23.1 Å². The van der Waals surface area contributed by atoms with E-state index in [9.17, 15) is 9.59 Å². The van der Waals surface area contributed by atoms with Crippen LogP contribution < -0.4 is 0 Å². The number of alkyl halides is 1. The molecule has 0 spiro atoms. The minimum atomic E-state index is -0.402. The van der Waals surface area contributed by atoms with E-state index in [0.717, 1.165) is 16.7 Å². The summed E-state index contributed by atoms with van der Waals surface area (Å²) in [6.07, 6.45) is 2.71. The Morgan fingerprint density at radius 2 is 2.20 bits per heavy atom. The third-order valence-electron chi connectivity index (χ3n) is 2.06. The van der Waals surface area contributed by atoms with Gasteiger partial charge in [0.05, 0.1) is 4.83 Å². The maximum atomic E-state index is 11.3. The maximum absolute atomic E-state index is 11.3. The van der Waals surface area contributed by atoms with Crippen molar-refractivity contribution < 1.29 is 9.59 Å². The highest BCUT2D eigenvalue weighted by atomic mass is 79.9. The predicted molar refractivity (Wildman–Crippen MR) is 66.0 cm³/mol. The summed E-state index contributed by atoms with van der Waals surface area (Å²) >= 11 is 4.84. The highest BCUT2D eigenvalue weighted by molar-refractivity contribution is 9.09. The van der Waals surface area contributed by atoms with Gasteiger partial charge in [-0.25, -0.2) is 0 Å². The fourth-order valence-electron chi connectivity index (χ4n) is 1.32.